The molecule has 0 aliphatic rings. The minimum atomic E-state index is -2.16. The number of methoxy groups -OCH3 is 1. The zero-order valence-corrected chi connectivity index (χ0v) is 23.7. The summed E-state index contributed by atoms with van der Waals surface area (Å²) in [6.45, 7) is 12.7. The minimum Gasteiger partial charge on any atom is -0.542 e. The van der Waals surface area contributed by atoms with Crippen molar-refractivity contribution in [1.82, 2.24) is 19.5 Å². The Morgan fingerprint density at radius 3 is 2.37 bits per heavy atom. The van der Waals surface area contributed by atoms with E-state index in [1.807, 2.05) is 24.3 Å². The Balaban J connectivity index is 1.88. The number of aromatic amines is 1. The van der Waals surface area contributed by atoms with Gasteiger partial charge >= 0.3 is 11.7 Å². The standard InChI is InChI=1S/C27H33N5O5Si/c1-8-36-24(33)22-21-23(32(26(34)30-21)18-14-10-12-16-20(18)35-5)31-25(29-22)28-17-13-9-11-15-19(17)37-38(6,7)27(2,3)4/h9-16H,8H2,1-7H3,(H,30,34)(H,28,29,31). The maximum Gasteiger partial charge on any atom is 0.359 e. The molecule has 10 nitrogen and oxygen atoms in total. The van der Waals surface area contributed by atoms with Gasteiger partial charge in [-0.1, -0.05) is 45.0 Å². The van der Waals surface area contributed by atoms with E-state index in [4.69, 9.17) is 13.9 Å². The van der Waals surface area contributed by atoms with Crippen molar-refractivity contribution in [2.75, 3.05) is 19.0 Å². The lowest BCUT2D eigenvalue weighted by molar-refractivity contribution is 0.0522. The molecule has 0 unspecified atom stereocenters. The molecule has 2 N–H and O–H groups in total. The predicted octanol–water partition coefficient (Wildman–Crippen LogP) is 5.42. The van der Waals surface area contributed by atoms with Crippen LogP contribution < -0.4 is 20.2 Å². The molecule has 0 fully saturated rings. The van der Waals surface area contributed by atoms with Gasteiger partial charge in [-0.25, -0.2) is 19.1 Å². The Bertz CT molecular complexity index is 1540. The molecule has 4 rings (SSSR count). The minimum absolute atomic E-state index is 0.0114. The SMILES string of the molecule is CCOC(=O)c1nc(Nc2ccccc2O[Si](C)(C)C(C)(C)C)nc2c1[nH]c(=O)n2-c1ccccc1OC. The third-order valence-electron chi connectivity index (χ3n) is 6.64. The summed E-state index contributed by atoms with van der Waals surface area (Å²) in [5.41, 5.74) is 0.898. The molecule has 0 atom stereocenters. The first-order chi connectivity index (χ1) is 18.0. The van der Waals surface area contributed by atoms with Gasteiger partial charge in [0.25, 0.3) is 8.32 Å². The average molecular weight is 536 g/mol. The predicted molar refractivity (Wildman–Crippen MR) is 150 cm³/mol. The number of hydrogen-bond acceptors (Lipinski definition) is 8. The Hall–Kier alpha value is -4.12. The molecule has 0 aliphatic carbocycles. The van der Waals surface area contributed by atoms with E-state index in [2.05, 4.69) is 54.1 Å². The van der Waals surface area contributed by atoms with E-state index in [9.17, 15) is 9.59 Å². The van der Waals surface area contributed by atoms with Gasteiger partial charge in [-0.05, 0) is 49.3 Å². The summed E-state index contributed by atoms with van der Waals surface area (Å²) in [5, 5.41) is 3.19. The number of aromatic nitrogens is 4. The zero-order valence-electron chi connectivity index (χ0n) is 22.7. The number of anilines is 2. The van der Waals surface area contributed by atoms with Gasteiger partial charge in [0.05, 0.1) is 25.1 Å². The molecule has 0 bridgehead atoms. The van der Waals surface area contributed by atoms with Crippen molar-refractivity contribution in [3.05, 3.63) is 64.7 Å². The van der Waals surface area contributed by atoms with Gasteiger partial charge in [-0.2, -0.15) is 4.98 Å². The van der Waals surface area contributed by atoms with Gasteiger partial charge in [-0.15, -0.1) is 0 Å². The molecule has 0 saturated heterocycles. The topological polar surface area (TPSA) is 120 Å². The van der Waals surface area contributed by atoms with E-state index >= 15 is 0 Å². The summed E-state index contributed by atoms with van der Waals surface area (Å²) in [7, 11) is -0.639. The molecule has 2 aromatic carbocycles. The molecular weight excluding hydrogens is 502 g/mol. The molecule has 4 aromatic rings. The van der Waals surface area contributed by atoms with Crippen LogP contribution in [0, 0.1) is 0 Å². The number of nitrogens with one attached hydrogen (secondary N) is 2. The number of hydrogen-bond donors (Lipinski definition) is 2. The van der Waals surface area contributed by atoms with E-state index in [-0.39, 0.29) is 34.5 Å². The Morgan fingerprint density at radius 1 is 1.05 bits per heavy atom. The van der Waals surface area contributed by atoms with E-state index in [0.29, 0.717) is 22.9 Å². The lowest BCUT2D eigenvalue weighted by Gasteiger charge is -2.37. The van der Waals surface area contributed by atoms with Gasteiger partial charge in [0.15, 0.2) is 11.3 Å². The summed E-state index contributed by atoms with van der Waals surface area (Å²) < 4.78 is 18.6. The first-order valence-corrected chi connectivity index (χ1v) is 15.3. The zero-order chi connectivity index (χ0) is 27.7. The average Bonchev–Trinajstić information content (AvgIpc) is 3.19. The van der Waals surface area contributed by atoms with E-state index in [0.717, 1.165) is 0 Å². The molecule has 2 aromatic heterocycles. The van der Waals surface area contributed by atoms with Crippen LogP contribution in [0.1, 0.15) is 38.2 Å². The fourth-order valence-electron chi connectivity index (χ4n) is 3.63. The number of benzene rings is 2. The smallest absolute Gasteiger partial charge is 0.359 e. The Morgan fingerprint density at radius 2 is 1.71 bits per heavy atom. The van der Waals surface area contributed by atoms with Gasteiger partial charge in [-0.3, -0.25) is 0 Å². The van der Waals surface area contributed by atoms with Crippen molar-refractivity contribution >= 4 is 37.1 Å². The molecule has 0 aliphatic heterocycles. The monoisotopic (exact) mass is 535 g/mol. The second kappa shape index (κ2) is 10.3. The number of carbonyl (C=O) groups excluding carboxylic acids is 1. The first-order valence-electron chi connectivity index (χ1n) is 12.3. The van der Waals surface area contributed by atoms with Crippen LogP contribution in [0.5, 0.6) is 11.5 Å². The van der Waals surface area contributed by atoms with Gasteiger partial charge < -0.3 is 24.2 Å². The molecular formula is C27H33N5O5Si. The number of H-pyrrole nitrogens is 1. The second-order valence-corrected chi connectivity index (χ2v) is 15.0. The highest BCUT2D eigenvalue weighted by molar-refractivity contribution is 6.74. The molecule has 38 heavy (non-hydrogen) atoms. The summed E-state index contributed by atoms with van der Waals surface area (Å²) in [5.74, 6) is 0.544. The van der Waals surface area contributed by atoms with E-state index < -0.39 is 20.0 Å². The first kappa shape index (κ1) is 26.9. The third kappa shape index (κ3) is 5.14. The molecule has 0 amide bonds. The Labute approximate surface area is 222 Å². The molecule has 0 saturated carbocycles. The molecule has 200 valence electrons. The van der Waals surface area contributed by atoms with Crippen molar-refractivity contribution in [2.45, 2.75) is 45.8 Å². The number of nitrogens with zero attached hydrogens (tertiary/aromatic N) is 3. The highest BCUT2D eigenvalue weighted by Crippen LogP contribution is 2.39. The van der Waals surface area contributed by atoms with Crippen LogP contribution in [-0.2, 0) is 4.74 Å². The van der Waals surface area contributed by atoms with Crippen LogP contribution in [0.15, 0.2) is 53.3 Å². The summed E-state index contributed by atoms with van der Waals surface area (Å²) >= 11 is 0. The normalized spacial score (nSPS) is 11.9. The van der Waals surface area contributed by atoms with Crippen LogP contribution in [0.3, 0.4) is 0 Å². The lowest BCUT2D eigenvalue weighted by Crippen LogP contribution is -2.44. The third-order valence-corrected chi connectivity index (χ3v) is 11.0. The summed E-state index contributed by atoms with van der Waals surface area (Å²) in [4.78, 5) is 37.8. The van der Waals surface area contributed by atoms with E-state index in [1.54, 1.807) is 31.2 Å². The van der Waals surface area contributed by atoms with Crippen molar-refractivity contribution < 1.29 is 18.7 Å². The quantitative estimate of drug-likeness (QED) is 0.227. The van der Waals surface area contributed by atoms with Gasteiger partial charge in [0.1, 0.15) is 17.0 Å². The maximum absolute atomic E-state index is 13.1. The van der Waals surface area contributed by atoms with Crippen LogP contribution in [0.4, 0.5) is 11.6 Å². The van der Waals surface area contributed by atoms with Gasteiger partial charge in [0.2, 0.25) is 5.95 Å². The van der Waals surface area contributed by atoms with Crippen molar-refractivity contribution in [3.8, 4) is 17.2 Å². The summed E-state index contributed by atoms with van der Waals surface area (Å²) in [6.07, 6.45) is 0. The largest absolute Gasteiger partial charge is 0.542 e. The van der Waals surface area contributed by atoms with Gasteiger partial charge in [0, 0.05) is 0 Å². The highest BCUT2D eigenvalue weighted by atomic mass is 28.4. The molecule has 0 spiro atoms. The Kier molecular flexibility index (Phi) is 7.32. The second-order valence-electron chi connectivity index (χ2n) is 10.2. The number of esters is 1. The number of ether oxygens (including phenoxy) is 2. The molecule has 11 heteroatoms. The number of para-hydroxylation sites is 4. The maximum atomic E-state index is 13.1. The van der Waals surface area contributed by atoms with Crippen LogP contribution in [-0.4, -0.2) is 47.5 Å². The highest BCUT2D eigenvalue weighted by Gasteiger charge is 2.39. The van der Waals surface area contributed by atoms with Crippen molar-refractivity contribution in [1.29, 1.82) is 0 Å². The van der Waals surface area contributed by atoms with Crippen LogP contribution >= 0.6 is 0 Å². The van der Waals surface area contributed by atoms with Crippen LogP contribution in [0.2, 0.25) is 18.1 Å². The number of rotatable bonds is 8. The number of imidazole rings is 1. The van der Waals surface area contributed by atoms with Crippen LogP contribution in [0.25, 0.3) is 16.9 Å². The number of carbonyl (C=O) groups is 1. The van der Waals surface area contributed by atoms with E-state index in [1.165, 1.54) is 11.7 Å². The van der Waals surface area contributed by atoms with Crippen molar-refractivity contribution in [2.24, 2.45) is 0 Å². The lowest BCUT2D eigenvalue weighted by atomic mass is 10.2. The number of fused-ring (bicyclic) bond motifs is 1. The fourth-order valence-corrected chi connectivity index (χ4v) is 4.67. The molecule has 2 heterocycles. The van der Waals surface area contributed by atoms with Crippen molar-refractivity contribution in [3.63, 3.8) is 0 Å². The summed E-state index contributed by atoms with van der Waals surface area (Å²) in [6, 6.07) is 14.5. The molecule has 0 radical (unpaired) electrons. The fraction of sp³-hybridized carbons (Fsp3) is 0.333.